The predicted molar refractivity (Wildman–Crippen MR) is 146 cm³/mol. The van der Waals surface area contributed by atoms with E-state index in [-0.39, 0.29) is 12.5 Å². The lowest BCUT2D eigenvalue weighted by Gasteiger charge is -2.30. The molecular formula is C31H24N4O2. The molecule has 5 aromatic rings. The van der Waals surface area contributed by atoms with E-state index in [9.17, 15) is 4.79 Å². The van der Waals surface area contributed by atoms with Crippen molar-refractivity contribution in [1.82, 2.24) is 9.97 Å². The Hall–Kier alpha value is -4.97. The molecule has 180 valence electrons. The average Bonchev–Trinajstić information content (AvgIpc) is 2.96. The van der Waals surface area contributed by atoms with E-state index in [2.05, 4.69) is 39.6 Å². The molecule has 3 heterocycles. The van der Waals surface area contributed by atoms with Gasteiger partial charge >= 0.3 is 0 Å². The van der Waals surface area contributed by atoms with Gasteiger partial charge in [-0.1, -0.05) is 54.6 Å². The van der Waals surface area contributed by atoms with E-state index in [1.54, 1.807) is 23.5 Å². The number of nitrogens with one attached hydrogen (secondary N) is 1. The summed E-state index contributed by atoms with van der Waals surface area (Å²) in [5, 5.41) is 3.43. The van der Waals surface area contributed by atoms with E-state index < -0.39 is 0 Å². The lowest BCUT2D eigenvalue weighted by Crippen LogP contribution is -2.38. The number of carbonyl (C=O) groups is 1. The number of amides is 1. The highest BCUT2D eigenvalue weighted by molar-refractivity contribution is 5.98. The molecule has 3 aromatic carbocycles. The Labute approximate surface area is 215 Å². The van der Waals surface area contributed by atoms with E-state index in [0.717, 1.165) is 45.0 Å². The van der Waals surface area contributed by atoms with Gasteiger partial charge in [0, 0.05) is 24.3 Å². The van der Waals surface area contributed by atoms with Gasteiger partial charge in [-0.05, 0) is 70.3 Å². The molecule has 0 radical (unpaired) electrons. The van der Waals surface area contributed by atoms with Gasteiger partial charge in [0.2, 0.25) is 0 Å². The zero-order valence-electron chi connectivity index (χ0n) is 20.0. The fourth-order valence-electron chi connectivity index (χ4n) is 4.46. The lowest BCUT2D eigenvalue weighted by atomic mass is 10.0. The smallest absolute Gasteiger partial charge is 0.265 e. The molecule has 6 rings (SSSR count). The number of ether oxygens (including phenoxy) is 1. The van der Waals surface area contributed by atoms with Crippen LogP contribution in [-0.2, 0) is 11.3 Å². The first-order chi connectivity index (χ1) is 18.2. The SMILES string of the molecule is O=C1COc2ccc(-c3ccnc(Nc4cccc(-c5ccccc5)c4)c3)cc2N1Cc1cccnc1. The fourth-order valence-corrected chi connectivity index (χ4v) is 4.46. The predicted octanol–water partition coefficient (Wildman–Crippen LogP) is 6.48. The van der Waals surface area contributed by atoms with E-state index in [0.29, 0.717) is 12.3 Å². The monoisotopic (exact) mass is 484 g/mol. The largest absolute Gasteiger partial charge is 0.482 e. The molecule has 0 atom stereocenters. The number of hydrogen-bond donors (Lipinski definition) is 1. The maximum absolute atomic E-state index is 12.8. The van der Waals surface area contributed by atoms with Crippen molar-refractivity contribution in [3.63, 3.8) is 0 Å². The average molecular weight is 485 g/mol. The quantitative estimate of drug-likeness (QED) is 0.299. The van der Waals surface area contributed by atoms with Crippen LogP contribution in [0.1, 0.15) is 5.56 Å². The van der Waals surface area contributed by atoms with Gasteiger partial charge in [0.15, 0.2) is 6.61 Å². The first-order valence-electron chi connectivity index (χ1n) is 12.1. The molecule has 37 heavy (non-hydrogen) atoms. The molecule has 0 spiro atoms. The van der Waals surface area contributed by atoms with Gasteiger partial charge in [-0.2, -0.15) is 0 Å². The van der Waals surface area contributed by atoms with Crippen LogP contribution in [0.15, 0.2) is 116 Å². The second-order valence-corrected chi connectivity index (χ2v) is 8.81. The van der Waals surface area contributed by atoms with Crippen molar-refractivity contribution >= 4 is 23.1 Å². The Morgan fingerprint density at radius 2 is 1.62 bits per heavy atom. The van der Waals surface area contributed by atoms with Crippen LogP contribution in [0.5, 0.6) is 5.75 Å². The van der Waals surface area contributed by atoms with Crippen LogP contribution in [0, 0.1) is 0 Å². The maximum atomic E-state index is 12.8. The number of carbonyl (C=O) groups excluding carboxylic acids is 1. The summed E-state index contributed by atoms with van der Waals surface area (Å²) >= 11 is 0. The van der Waals surface area contributed by atoms with Crippen molar-refractivity contribution in [3.8, 4) is 28.0 Å². The second-order valence-electron chi connectivity index (χ2n) is 8.81. The van der Waals surface area contributed by atoms with E-state index in [4.69, 9.17) is 4.74 Å². The van der Waals surface area contributed by atoms with Gasteiger partial charge in [0.1, 0.15) is 11.6 Å². The Kier molecular flexibility index (Phi) is 6.05. The molecule has 1 aliphatic heterocycles. The topological polar surface area (TPSA) is 67.3 Å². The summed E-state index contributed by atoms with van der Waals surface area (Å²) in [5.74, 6) is 1.35. The fraction of sp³-hybridized carbons (Fsp3) is 0.0645. The summed E-state index contributed by atoms with van der Waals surface area (Å²) in [6.07, 6.45) is 5.29. The van der Waals surface area contributed by atoms with Gasteiger partial charge in [-0.15, -0.1) is 0 Å². The molecule has 0 saturated carbocycles. The maximum Gasteiger partial charge on any atom is 0.265 e. The van der Waals surface area contributed by atoms with E-state index in [1.165, 1.54) is 0 Å². The van der Waals surface area contributed by atoms with Crippen molar-refractivity contribution in [2.45, 2.75) is 6.54 Å². The summed E-state index contributed by atoms with van der Waals surface area (Å²) in [5.41, 5.74) is 6.92. The Bertz CT molecular complexity index is 1550. The minimum atomic E-state index is -0.0797. The molecule has 1 aliphatic rings. The van der Waals surface area contributed by atoms with Gasteiger partial charge in [0.05, 0.1) is 12.2 Å². The third-order valence-corrected chi connectivity index (χ3v) is 6.30. The molecule has 0 unspecified atom stereocenters. The van der Waals surface area contributed by atoms with Crippen LogP contribution in [0.25, 0.3) is 22.3 Å². The third kappa shape index (κ3) is 4.90. The zero-order chi connectivity index (χ0) is 25.0. The first-order valence-corrected chi connectivity index (χ1v) is 12.1. The van der Waals surface area contributed by atoms with Gasteiger partial charge in [0.25, 0.3) is 5.91 Å². The number of pyridine rings is 2. The minimum Gasteiger partial charge on any atom is -0.482 e. The van der Waals surface area contributed by atoms with Crippen molar-refractivity contribution in [2.75, 3.05) is 16.8 Å². The summed E-state index contributed by atoms with van der Waals surface area (Å²) in [6, 6.07) is 32.3. The van der Waals surface area contributed by atoms with E-state index >= 15 is 0 Å². The zero-order valence-corrected chi connectivity index (χ0v) is 20.0. The second kappa shape index (κ2) is 9.95. The molecule has 6 nitrogen and oxygen atoms in total. The number of anilines is 3. The Morgan fingerprint density at radius 3 is 2.49 bits per heavy atom. The summed E-state index contributed by atoms with van der Waals surface area (Å²) < 4.78 is 5.71. The molecule has 1 amide bonds. The standard InChI is InChI=1S/C31H24N4O2/c36-31-21-37-29-12-11-25(17-28(29)35(31)20-22-6-5-14-32-19-22)26-13-15-33-30(18-26)34-27-10-4-9-24(16-27)23-7-2-1-3-8-23/h1-19H,20-21H2,(H,33,34). The molecule has 6 heteroatoms. The summed E-state index contributed by atoms with van der Waals surface area (Å²) in [4.78, 5) is 23.2. The summed E-state index contributed by atoms with van der Waals surface area (Å²) in [7, 11) is 0. The lowest BCUT2D eigenvalue weighted by molar-refractivity contribution is -0.121. The van der Waals surface area contributed by atoms with Crippen molar-refractivity contribution in [3.05, 3.63) is 121 Å². The summed E-state index contributed by atoms with van der Waals surface area (Å²) in [6.45, 7) is 0.464. The van der Waals surface area contributed by atoms with Gasteiger partial charge in [-0.25, -0.2) is 4.98 Å². The highest BCUT2D eigenvalue weighted by Crippen LogP contribution is 2.37. The number of hydrogen-bond acceptors (Lipinski definition) is 5. The molecule has 0 bridgehead atoms. The van der Waals surface area contributed by atoms with Crippen LogP contribution >= 0.6 is 0 Å². The van der Waals surface area contributed by atoms with Crippen molar-refractivity contribution in [1.29, 1.82) is 0 Å². The number of aromatic nitrogens is 2. The molecular weight excluding hydrogens is 460 g/mol. The normalized spacial score (nSPS) is 12.5. The van der Waals surface area contributed by atoms with Crippen LogP contribution in [-0.4, -0.2) is 22.5 Å². The van der Waals surface area contributed by atoms with Crippen LogP contribution in [0.3, 0.4) is 0 Å². The number of benzene rings is 3. The van der Waals surface area contributed by atoms with Gasteiger partial charge < -0.3 is 15.0 Å². The van der Waals surface area contributed by atoms with Crippen LogP contribution < -0.4 is 15.0 Å². The highest BCUT2D eigenvalue weighted by Gasteiger charge is 2.26. The minimum absolute atomic E-state index is 0.0258. The van der Waals surface area contributed by atoms with Crippen LogP contribution in [0.2, 0.25) is 0 Å². The Balaban J connectivity index is 1.28. The molecule has 0 fully saturated rings. The van der Waals surface area contributed by atoms with Crippen molar-refractivity contribution < 1.29 is 9.53 Å². The molecule has 2 aromatic heterocycles. The first kappa shape index (κ1) is 22.5. The van der Waals surface area contributed by atoms with Crippen LogP contribution in [0.4, 0.5) is 17.2 Å². The highest BCUT2D eigenvalue weighted by atomic mass is 16.5. The van der Waals surface area contributed by atoms with Gasteiger partial charge in [-0.3, -0.25) is 9.78 Å². The third-order valence-electron chi connectivity index (χ3n) is 6.30. The number of nitrogens with zero attached hydrogens (tertiary/aromatic N) is 3. The molecule has 1 N–H and O–H groups in total. The van der Waals surface area contributed by atoms with Crippen molar-refractivity contribution in [2.24, 2.45) is 0 Å². The molecule has 0 aliphatic carbocycles. The van der Waals surface area contributed by atoms with E-state index in [1.807, 2.05) is 72.8 Å². The molecule has 0 saturated heterocycles. The number of rotatable bonds is 6. The number of fused-ring (bicyclic) bond motifs is 1. The Morgan fingerprint density at radius 1 is 0.784 bits per heavy atom.